The maximum Gasteiger partial charge on any atom is 0.416 e. The summed E-state index contributed by atoms with van der Waals surface area (Å²) in [7, 11) is 0. The van der Waals surface area contributed by atoms with Crippen LogP contribution in [0, 0.1) is 6.92 Å². The first-order chi connectivity index (χ1) is 10.7. The largest absolute Gasteiger partial charge is 0.416 e. The SMILES string of the molecule is CCc1c(C)[nH]c(=O)c(N)c1C(=O)c1cccc(C(F)(F)F)c1. The number of halogens is 3. The Balaban J connectivity index is 2.65. The van der Waals surface area contributed by atoms with E-state index < -0.39 is 23.1 Å². The molecule has 0 unspecified atom stereocenters. The van der Waals surface area contributed by atoms with E-state index in [1.165, 1.54) is 6.07 Å². The predicted molar refractivity (Wildman–Crippen MR) is 80.5 cm³/mol. The second kappa shape index (κ2) is 5.91. The Morgan fingerprint density at radius 2 is 1.96 bits per heavy atom. The fourth-order valence-corrected chi connectivity index (χ4v) is 2.46. The molecular weight excluding hydrogens is 309 g/mol. The van der Waals surface area contributed by atoms with E-state index >= 15 is 0 Å². The van der Waals surface area contributed by atoms with Crippen molar-refractivity contribution in [3.63, 3.8) is 0 Å². The highest BCUT2D eigenvalue weighted by Crippen LogP contribution is 2.30. The van der Waals surface area contributed by atoms with E-state index in [2.05, 4.69) is 4.98 Å². The van der Waals surface area contributed by atoms with E-state index in [0.29, 0.717) is 17.7 Å². The number of nitrogens with two attached hydrogens (primary N) is 1. The Hall–Kier alpha value is -2.57. The number of aromatic amines is 1. The standard InChI is InChI=1S/C16H15F3N2O2/c1-3-11-8(2)21-15(23)13(20)12(11)14(22)9-5-4-6-10(7-9)16(17,18)19/h4-7H,3,20H2,1-2H3,(H,21,23). The van der Waals surface area contributed by atoms with Crippen molar-refractivity contribution in [3.05, 3.63) is 62.6 Å². The lowest BCUT2D eigenvalue weighted by atomic mass is 9.94. The molecule has 0 amide bonds. The summed E-state index contributed by atoms with van der Waals surface area (Å²) in [6, 6.07) is 4.06. The fourth-order valence-electron chi connectivity index (χ4n) is 2.46. The summed E-state index contributed by atoms with van der Waals surface area (Å²) in [6.45, 7) is 3.38. The highest BCUT2D eigenvalue weighted by Gasteiger charge is 2.31. The van der Waals surface area contributed by atoms with Gasteiger partial charge in [0, 0.05) is 11.3 Å². The van der Waals surface area contributed by atoms with Crippen molar-refractivity contribution in [1.29, 1.82) is 0 Å². The molecule has 0 aliphatic rings. The number of carbonyl (C=O) groups is 1. The summed E-state index contributed by atoms with van der Waals surface area (Å²) in [4.78, 5) is 26.9. The van der Waals surface area contributed by atoms with Gasteiger partial charge in [-0.25, -0.2) is 0 Å². The highest BCUT2D eigenvalue weighted by atomic mass is 19.4. The number of aryl methyl sites for hydroxylation is 1. The quantitative estimate of drug-likeness (QED) is 0.852. The van der Waals surface area contributed by atoms with Gasteiger partial charge in [0.2, 0.25) is 0 Å². The van der Waals surface area contributed by atoms with Gasteiger partial charge < -0.3 is 10.7 Å². The summed E-state index contributed by atoms with van der Waals surface area (Å²) in [6.07, 6.45) is -4.15. The van der Waals surface area contributed by atoms with Gasteiger partial charge in [-0.05, 0) is 31.0 Å². The molecule has 1 aromatic heterocycles. The number of alkyl halides is 3. The molecule has 0 saturated carbocycles. The third-order valence-electron chi connectivity index (χ3n) is 3.60. The third kappa shape index (κ3) is 3.13. The van der Waals surface area contributed by atoms with Gasteiger partial charge in [-0.2, -0.15) is 13.2 Å². The van der Waals surface area contributed by atoms with Crippen LogP contribution in [0.15, 0.2) is 29.1 Å². The molecule has 23 heavy (non-hydrogen) atoms. The third-order valence-corrected chi connectivity index (χ3v) is 3.60. The summed E-state index contributed by atoms with van der Waals surface area (Å²) in [5.74, 6) is -0.695. The van der Waals surface area contributed by atoms with E-state index in [4.69, 9.17) is 5.73 Å². The van der Waals surface area contributed by atoms with E-state index in [9.17, 15) is 22.8 Å². The number of benzene rings is 1. The number of ketones is 1. The van der Waals surface area contributed by atoms with Crippen LogP contribution in [-0.2, 0) is 12.6 Å². The fraction of sp³-hybridized carbons (Fsp3) is 0.250. The van der Waals surface area contributed by atoms with Gasteiger partial charge in [-0.1, -0.05) is 19.1 Å². The zero-order chi connectivity index (χ0) is 17.4. The molecule has 122 valence electrons. The maximum absolute atomic E-state index is 12.8. The Morgan fingerprint density at radius 1 is 1.30 bits per heavy atom. The van der Waals surface area contributed by atoms with Crippen molar-refractivity contribution < 1.29 is 18.0 Å². The van der Waals surface area contributed by atoms with Crippen molar-refractivity contribution in [2.45, 2.75) is 26.4 Å². The normalized spacial score (nSPS) is 11.5. The van der Waals surface area contributed by atoms with Gasteiger partial charge in [-0.3, -0.25) is 9.59 Å². The van der Waals surface area contributed by atoms with Crippen LogP contribution in [-0.4, -0.2) is 10.8 Å². The molecule has 4 nitrogen and oxygen atoms in total. The number of H-pyrrole nitrogens is 1. The number of hydrogen-bond acceptors (Lipinski definition) is 3. The number of rotatable bonds is 3. The average Bonchev–Trinajstić information content (AvgIpc) is 2.49. The van der Waals surface area contributed by atoms with Crippen LogP contribution in [0.5, 0.6) is 0 Å². The first-order valence-corrected chi connectivity index (χ1v) is 6.90. The zero-order valence-electron chi connectivity index (χ0n) is 12.5. The average molecular weight is 324 g/mol. The van der Waals surface area contributed by atoms with Gasteiger partial charge in [0.15, 0.2) is 5.78 Å². The molecule has 0 fully saturated rings. The second-order valence-electron chi connectivity index (χ2n) is 5.11. The molecule has 2 rings (SSSR count). The lowest BCUT2D eigenvalue weighted by Gasteiger charge is -2.13. The van der Waals surface area contributed by atoms with Crippen LogP contribution in [0.4, 0.5) is 18.9 Å². The highest BCUT2D eigenvalue weighted by molar-refractivity contribution is 6.13. The van der Waals surface area contributed by atoms with Crippen LogP contribution in [0.1, 0.15) is 39.7 Å². The molecule has 1 aromatic carbocycles. The molecule has 7 heteroatoms. The van der Waals surface area contributed by atoms with Crippen LogP contribution < -0.4 is 11.3 Å². The molecule has 0 spiro atoms. The van der Waals surface area contributed by atoms with Crippen molar-refractivity contribution >= 4 is 11.5 Å². The van der Waals surface area contributed by atoms with Crippen LogP contribution in [0.3, 0.4) is 0 Å². The van der Waals surface area contributed by atoms with Gasteiger partial charge in [-0.15, -0.1) is 0 Å². The number of carbonyl (C=O) groups excluding carboxylic acids is 1. The molecule has 0 bridgehead atoms. The number of anilines is 1. The summed E-state index contributed by atoms with van der Waals surface area (Å²) in [5, 5.41) is 0. The van der Waals surface area contributed by atoms with Crippen molar-refractivity contribution in [3.8, 4) is 0 Å². The minimum Gasteiger partial charge on any atom is -0.394 e. The van der Waals surface area contributed by atoms with Gasteiger partial charge in [0.25, 0.3) is 5.56 Å². The Morgan fingerprint density at radius 3 is 2.52 bits per heavy atom. The summed E-state index contributed by atoms with van der Waals surface area (Å²) >= 11 is 0. The minimum absolute atomic E-state index is 0.0342. The Bertz CT molecular complexity index is 823. The zero-order valence-corrected chi connectivity index (χ0v) is 12.5. The second-order valence-corrected chi connectivity index (χ2v) is 5.11. The van der Waals surface area contributed by atoms with E-state index in [1.807, 2.05) is 0 Å². The maximum atomic E-state index is 12.8. The Kier molecular flexibility index (Phi) is 4.31. The molecule has 0 saturated heterocycles. The lowest BCUT2D eigenvalue weighted by Crippen LogP contribution is -2.22. The van der Waals surface area contributed by atoms with Crippen LogP contribution in [0.2, 0.25) is 0 Å². The number of hydrogen-bond donors (Lipinski definition) is 2. The molecule has 2 aromatic rings. The number of pyridine rings is 1. The first kappa shape index (κ1) is 16.8. The smallest absolute Gasteiger partial charge is 0.394 e. The van der Waals surface area contributed by atoms with Crippen molar-refractivity contribution in [2.75, 3.05) is 5.73 Å². The first-order valence-electron chi connectivity index (χ1n) is 6.90. The topological polar surface area (TPSA) is 75.9 Å². The molecule has 3 N–H and O–H groups in total. The van der Waals surface area contributed by atoms with Crippen molar-refractivity contribution in [1.82, 2.24) is 4.98 Å². The van der Waals surface area contributed by atoms with Crippen LogP contribution >= 0.6 is 0 Å². The molecule has 0 aliphatic carbocycles. The molecule has 0 atom stereocenters. The lowest BCUT2D eigenvalue weighted by molar-refractivity contribution is -0.137. The molecule has 0 radical (unpaired) electrons. The predicted octanol–water partition coefficient (Wildman–Crippen LogP) is 3.08. The molecular formula is C16H15F3N2O2. The summed E-state index contributed by atoms with van der Waals surface area (Å²) in [5.41, 5.74) is 4.66. The van der Waals surface area contributed by atoms with Crippen LogP contribution in [0.25, 0.3) is 0 Å². The summed E-state index contributed by atoms with van der Waals surface area (Å²) < 4.78 is 38.4. The van der Waals surface area contributed by atoms with E-state index in [1.54, 1.807) is 13.8 Å². The molecule has 1 heterocycles. The van der Waals surface area contributed by atoms with E-state index in [0.717, 1.165) is 18.2 Å². The molecule has 0 aliphatic heterocycles. The number of aromatic nitrogens is 1. The Labute approximate surface area is 130 Å². The van der Waals surface area contributed by atoms with Gasteiger partial charge in [0.1, 0.15) is 5.69 Å². The van der Waals surface area contributed by atoms with E-state index in [-0.39, 0.29) is 16.8 Å². The van der Waals surface area contributed by atoms with Gasteiger partial charge >= 0.3 is 6.18 Å². The number of nitrogens with one attached hydrogen (secondary N) is 1. The van der Waals surface area contributed by atoms with Gasteiger partial charge in [0.05, 0.1) is 11.1 Å². The van der Waals surface area contributed by atoms with Crippen molar-refractivity contribution in [2.24, 2.45) is 0 Å². The monoisotopic (exact) mass is 324 g/mol. The number of nitrogen functional groups attached to an aromatic ring is 1. The minimum atomic E-state index is -4.56.